The molecule has 174 valence electrons. The highest BCUT2D eigenvalue weighted by molar-refractivity contribution is 7.89. The van der Waals surface area contributed by atoms with Gasteiger partial charge in [0.1, 0.15) is 0 Å². The van der Waals surface area contributed by atoms with Crippen molar-refractivity contribution in [2.75, 3.05) is 39.5 Å². The van der Waals surface area contributed by atoms with E-state index in [1.807, 2.05) is 39.0 Å². The Balaban J connectivity index is 1.69. The van der Waals surface area contributed by atoms with Gasteiger partial charge in [-0.1, -0.05) is 6.07 Å². The van der Waals surface area contributed by atoms with E-state index in [1.54, 1.807) is 0 Å². The lowest BCUT2D eigenvalue weighted by Gasteiger charge is -2.26. The summed E-state index contributed by atoms with van der Waals surface area (Å²) >= 11 is 0. The van der Waals surface area contributed by atoms with Gasteiger partial charge in [-0.05, 0) is 62.7 Å². The van der Waals surface area contributed by atoms with Gasteiger partial charge in [0.15, 0.2) is 11.5 Å². The molecular weight excluding hydrogens is 432 g/mol. The van der Waals surface area contributed by atoms with Crippen LogP contribution in [-0.4, -0.2) is 58.1 Å². The molecule has 0 aliphatic carbocycles. The van der Waals surface area contributed by atoms with E-state index >= 15 is 0 Å². The Labute approximate surface area is 189 Å². The van der Waals surface area contributed by atoms with Crippen LogP contribution < -0.4 is 14.8 Å². The molecule has 1 saturated heterocycles. The number of sulfonamides is 1. The fourth-order valence-corrected chi connectivity index (χ4v) is 4.82. The third kappa shape index (κ3) is 5.59. The van der Waals surface area contributed by atoms with Crippen LogP contribution in [0.4, 0.5) is 0 Å². The van der Waals surface area contributed by atoms with Gasteiger partial charge in [-0.25, -0.2) is 8.42 Å². The molecule has 2 aromatic rings. The normalized spacial score (nSPS) is 15.7. The van der Waals surface area contributed by atoms with E-state index in [4.69, 9.17) is 14.2 Å². The number of ether oxygens (including phenoxy) is 3. The van der Waals surface area contributed by atoms with Crippen molar-refractivity contribution in [2.24, 2.45) is 0 Å². The molecule has 1 fully saturated rings. The van der Waals surface area contributed by atoms with E-state index in [0.29, 0.717) is 56.6 Å². The minimum Gasteiger partial charge on any atom is -0.490 e. The average Bonchev–Trinajstić information content (AvgIpc) is 2.81. The minimum atomic E-state index is -3.59. The number of carbonyl (C=O) groups excluding carboxylic acids is 1. The van der Waals surface area contributed by atoms with Gasteiger partial charge in [0, 0.05) is 18.7 Å². The lowest BCUT2D eigenvalue weighted by Crippen LogP contribution is -2.40. The maximum absolute atomic E-state index is 12.7. The second kappa shape index (κ2) is 10.8. The van der Waals surface area contributed by atoms with E-state index in [2.05, 4.69) is 5.32 Å². The van der Waals surface area contributed by atoms with E-state index in [-0.39, 0.29) is 16.8 Å². The molecule has 0 radical (unpaired) electrons. The first-order chi connectivity index (χ1) is 15.4. The lowest BCUT2D eigenvalue weighted by molar-refractivity contribution is 0.0730. The van der Waals surface area contributed by atoms with Crippen molar-refractivity contribution in [2.45, 2.75) is 31.7 Å². The van der Waals surface area contributed by atoms with Crippen LogP contribution in [0.2, 0.25) is 0 Å². The predicted octanol–water partition coefficient (Wildman–Crippen LogP) is 3.00. The van der Waals surface area contributed by atoms with Gasteiger partial charge in [0.2, 0.25) is 10.0 Å². The molecular formula is C23H30N2O6S. The van der Waals surface area contributed by atoms with Crippen molar-refractivity contribution in [3.8, 4) is 11.5 Å². The summed E-state index contributed by atoms with van der Waals surface area (Å²) in [7, 11) is -3.59. The summed E-state index contributed by atoms with van der Waals surface area (Å²) in [6, 6.07) is 11.3. The van der Waals surface area contributed by atoms with Crippen LogP contribution in [0.15, 0.2) is 47.4 Å². The van der Waals surface area contributed by atoms with Gasteiger partial charge in [0.25, 0.3) is 5.91 Å². The number of hydrogen-bond acceptors (Lipinski definition) is 6. The molecule has 0 aromatic heterocycles. The molecule has 1 atom stereocenters. The molecule has 1 aliphatic rings. The summed E-state index contributed by atoms with van der Waals surface area (Å²) in [5.41, 5.74) is 1.26. The van der Waals surface area contributed by atoms with E-state index < -0.39 is 10.0 Å². The second-order valence-electron chi connectivity index (χ2n) is 7.31. The van der Waals surface area contributed by atoms with Crippen LogP contribution in [0, 0.1) is 0 Å². The van der Waals surface area contributed by atoms with Gasteiger partial charge in [-0.3, -0.25) is 4.79 Å². The van der Waals surface area contributed by atoms with Crippen molar-refractivity contribution < 1.29 is 27.4 Å². The van der Waals surface area contributed by atoms with Crippen LogP contribution in [-0.2, 0) is 14.8 Å². The molecule has 9 heteroatoms. The zero-order valence-electron chi connectivity index (χ0n) is 18.7. The van der Waals surface area contributed by atoms with Crippen LogP contribution >= 0.6 is 0 Å². The smallest absolute Gasteiger partial charge is 0.251 e. The van der Waals surface area contributed by atoms with E-state index in [0.717, 1.165) is 5.56 Å². The zero-order valence-corrected chi connectivity index (χ0v) is 19.5. The first-order valence-electron chi connectivity index (χ1n) is 10.7. The number of hydrogen-bond donors (Lipinski definition) is 1. The Morgan fingerprint density at radius 2 is 1.66 bits per heavy atom. The van der Waals surface area contributed by atoms with E-state index in [1.165, 1.54) is 28.6 Å². The number of rotatable bonds is 9. The van der Waals surface area contributed by atoms with Gasteiger partial charge < -0.3 is 19.5 Å². The Hall–Kier alpha value is -2.62. The van der Waals surface area contributed by atoms with Crippen molar-refractivity contribution >= 4 is 15.9 Å². The van der Waals surface area contributed by atoms with Crippen LogP contribution in [0.1, 0.15) is 42.7 Å². The number of amides is 1. The SMILES string of the molecule is CCOc1ccc(C(C)NC(=O)c2ccc(S(=O)(=O)N3CCOCC3)cc2)cc1OCC. The second-order valence-corrected chi connectivity index (χ2v) is 9.25. The highest BCUT2D eigenvalue weighted by Gasteiger charge is 2.26. The zero-order chi connectivity index (χ0) is 23.1. The standard InChI is InChI=1S/C23H30N2O6S/c1-4-30-21-11-8-19(16-22(21)31-5-2)17(3)24-23(26)18-6-9-20(10-7-18)32(27,28)25-12-14-29-15-13-25/h6-11,16-17H,4-5,12-15H2,1-3H3,(H,24,26). The van der Waals surface area contributed by atoms with Gasteiger partial charge in [-0.2, -0.15) is 4.31 Å². The third-order valence-corrected chi connectivity index (χ3v) is 7.05. The summed E-state index contributed by atoms with van der Waals surface area (Å²) in [4.78, 5) is 12.9. The largest absolute Gasteiger partial charge is 0.490 e. The molecule has 1 unspecified atom stereocenters. The van der Waals surface area contributed by atoms with Gasteiger partial charge in [-0.15, -0.1) is 0 Å². The number of morpholine rings is 1. The summed E-state index contributed by atoms with van der Waals surface area (Å²) in [6.45, 7) is 8.14. The molecule has 0 saturated carbocycles. The fraction of sp³-hybridized carbons (Fsp3) is 0.435. The fourth-order valence-electron chi connectivity index (χ4n) is 3.41. The van der Waals surface area contributed by atoms with Gasteiger partial charge >= 0.3 is 0 Å². The summed E-state index contributed by atoms with van der Waals surface area (Å²) in [6.07, 6.45) is 0. The quantitative estimate of drug-likeness (QED) is 0.616. The Bertz CT molecular complexity index is 1020. The van der Waals surface area contributed by atoms with Gasteiger partial charge in [0.05, 0.1) is 37.4 Å². The van der Waals surface area contributed by atoms with E-state index in [9.17, 15) is 13.2 Å². The first-order valence-corrected chi connectivity index (χ1v) is 12.2. The van der Waals surface area contributed by atoms with Crippen molar-refractivity contribution in [3.63, 3.8) is 0 Å². The molecule has 1 aliphatic heterocycles. The highest BCUT2D eigenvalue weighted by Crippen LogP contribution is 2.31. The lowest BCUT2D eigenvalue weighted by atomic mass is 10.1. The molecule has 1 amide bonds. The van der Waals surface area contributed by atoms with Crippen molar-refractivity contribution in [1.82, 2.24) is 9.62 Å². The summed E-state index contributed by atoms with van der Waals surface area (Å²) < 4.78 is 43.3. The third-order valence-electron chi connectivity index (χ3n) is 5.14. The minimum absolute atomic E-state index is 0.164. The predicted molar refractivity (Wildman–Crippen MR) is 121 cm³/mol. The van der Waals surface area contributed by atoms with Crippen molar-refractivity contribution in [1.29, 1.82) is 0 Å². The summed E-state index contributed by atoms with van der Waals surface area (Å²) in [5.74, 6) is 0.999. The molecule has 8 nitrogen and oxygen atoms in total. The Morgan fingerprint density at radius 1 is 1.03 bits per heavy atom. The number of nitrogens with one attached hydrogen (secondary N) is 1. The highest BCUT2D eigenvalue weighted by atomic mass is 32.2. The number of benzene rings is 2. The molecule has 0 bridgehead atoms. The summed E-state index contributed by atoms with van der Waals surface area (Å²) in [5, 5.41) is 2.94. The number of carbonyl (C=O) groups is 1. The molecule has 0 spiro atoms. The topological polar surface area (TPSA) is 94.2 Å². The molecule has 32 heavy (non-hydrogen) atoms. The van der Waals surface area contributed by atoms with Crippen LogP contribution in [0.25, 0.3) is 0 Å². The molecule has 2 aromatic carbocycles. The molecule has 1 N–H and O–H groups in total. The van der Waals surface area contributed by atoms with Crippen LogP contribution in [0.5, 0.6) is 11.5 Å². The molecule has 3 rings (SSSR count). The first kappa shape index (κ1) is 24.0. The van der Waals surface area contributed by atoms with Crippen molar-refractivity contribution in [3.05, 3.63) is 53.6 Å². The Kier molecular flexibility index (Phi) is 8.11. The Morgan fingerprint density at radius 3 is 2.28 bits per heavy atom. The average molecular weight is 463 g/mol. The molecule has 1 heterocycles. The number of nitrogens with zero attached hydrogens (tertiary/aromatic N) is 1. The van der Waals surface area contributed by atoms with Crippen LogP contribution in [0.3, 0.4) is 0 Å². The maximum atomic E-state index is 12.7. The maximum Gasteiger partial charge on any atom is 0.251 e. The monoisotopic (exact) mass is 462 g/mol.